The first-order chi connectivity index (χ1) is 9.99. The zero-order valence-electron chi connectivity index (χ0n) is 12.1. The lowest BCUT2D eigenvalue weighted by atomic mass is 9.78. The van der Waals surface area contributed by atoms with Crippen LogP contribution < -0.4 is 0 Å². The fraction of sp³-hybridized carbons (Fsp3) is 0.500. The summed E-state index contributed by atoms with van der Waals surface area (Å²) in [6, 6.07) is 7.80. The highest BCUT2D eigenvalue weighted by atomic mass is 79.9. The molecule has 4 nitrogen and oxygen atoms in total. The van der Waals surface area contributed by atoms with E-state index in [0.717, 1.165) is 22.9 Å². The van der Waals surface area contributed by atoms with E-state index in [1.54, 1.807) is 11.9 Å². The van der Waals surface area contributed by atoms with Gasteiger partial charge in [0.1, 0.15) is 0 Å². The number of nitrogens with zero attached hydrogens (tertiary/aromatic N) is 1. The third-order valence-corrected chi connectivity index (χ3v) is 4.64. The van der Waals surface area contributed by atoms with Crippen molar-refractivity contribution in [3.63, 3.8) is 0 Å². The normalized spacial score (nSPS) is 21.8. The Balaban J connectivity index is 2.03. The average molecular weight is 354 g/mol. The minimum Gasteiger partial charge on any atom is -0.481 e. The summed E-state index contributed by atoms with van der Waals surface area (Å²) in [5.74, 6) is -1.80. The molecule has 2 unspecified atom stereocenters. The fourth-order valence-electron chi connectivity index (χ4n) is 2.95. The predicted molar refractivity (Wildman–Crippen MR) is 83.7 cm³/mol. The minimum absolute atomic E-state index is 0.0509. The monoisotopic (exact) mass is 353 g/mol. The Labute approximate surface area is 133 Å². The van der Waals surface area contributed by atoms with Crippen LogP contribution in [0.5, 0.6) is 0 Å². The summed E-state index contributed by atoms with van der Waals surface area (Å²) in [4.78, 5) is 25.5. The van der Waals surface area contributed by atoms with Crippen molar-refractivity contribution in [1.82, 2.24) is 4.90 Å². The van der Waals surface area contributed by atoms with Crippen LogP contribution in [-0.2, 0) is 16.1 Å². The Kier molecular flexibility index (Phi) is 5.39. The van der Waals surface area contributed by atoms with Gasteiger partial charge in [0, 0.05) is 18.1 Å². The van der Waals surface area contributed by atoms with Gasteiger partial charge < -0.3 is 10.0 Å². The molecule has 1 fully saturated rings. The molecule has 1 N–H and O–H groups in total. The molecule has 1 aliphatic rings. The molecular formula is C16H20BrNO3. The quantitative estimate of drug-likeness (QED) is 0.903. The van der Waals surface area contributed by atoms with Crippen LogP contribution in [0.4, 0.5) is 0 Å². The first-order valence-electron chi connectivity index (χ1n) is 7.21. The molecule has 114 valence electrons. The van der Waals surface area contributed by atoms with Crippen molar-refractivity contribution in [1.29, 1.82) is 0 Å². The van der Waals surface area contributed by atoms with Gasteiger partial charge in [0.05, 0.1) is 11.8 Å². The van der Waals surface area contributed by atoms with Crippen molar-refractivity contribution in [2.24, 2.45) is 11.8 Å². The van der Waals surface area contributed by atoms with Crippen LogP contribution in [0.3, 0.4) is 0 Å². The Morgan fingerprint density at radius 2 is 1.76 bits per heavy atom. The van der Waals surface area contributed by atoms with Crippen molar-refractivity contribution >= 4 is 27.8 Å². The van der Waals surface area contributed by atoms with Crippen LogP contribution in [0.1, 0.15) is 31.2 Å². The number of rotatable bonds is 4. The molecule has 2 rings (SSSR count). The van der Waals surface area contributed by atoms with E-state index in [1.165, 1.54) is 0 Å². The van der Waals surface area contributed by atoms with E-state index in [2.05, 4.69) is 15.9 Å². The van der Waals surface area contributed by atoms with Crippen LogP contribution in [0, 0.1) is 11.8 Å². The van der Waals surface area contributed by atoms with Crippen LogP contribution in [0.25, 0.3) is 0 Å². The lowest BCUT2D eigenvalue weighted by Gasteiger charge is -2.31. The van der Waals surface area contributed by atoms with E-state index >= 15 is 0 Å². The smallest absolute Gasteiger partial charge is 0.307 e. The van der Waals surface area contributed by atoms with Gasteiger partial charge in [0.15, 0.2) is 0 Å². The van der Waals surface area contributed by atoms with Crippen LogP contribution >= 0.6 is 15.9 Å². The second-order valence-corrected chi connectivity index (χ2v) is 6.57. The molecular weight excluding hydrogens is 334 g/mol. The molecule has 0 spiro atoms. The number of carboxylic acid groups (broad SMARTS) is 1. The summed E-state index contributed by atoms with van der Waals surface area (Å²) >= 11 is 3.38. The van der Waals surface area contributed by atoms with E-state index in [-0.39, 0.29) is 11.8 Å². The van der Waals surface area contributed by atoms with Gasteiger partial charge in [-0.3, -0.25) is 9.59 Å². The minimum atomic E-state index is -0.843. The van der Waals surface area contributed by atoms with Crippen molar-refractivity contribution in [2.45, 2.75) is 32.2 Å². The molecule has 1 aromatic carbocycles. The Hall–Kier alpha value is -1.36. The summed E-state index contributed by atoms with van der Waals surface area (Å²) < 4.78 is 0.999. The van der Waals surface area contributed by atoms with Gasteiger partial charge in [0.2, 0.25) is 5.91 Å². The Bertz CT molecular complexity index is 515. The first-order valence-corrected chi connectivity index (χ1v) is 8.00. The van der Waals surface area contributed by atoms with Gasteiger partial charge in [-0.25, -0.2) is 0 Å². The molecule has 1 aliphatic carbocycles. The maximum Gasteiger partial charge on any atom is 0.307 e. The molecule has 2 atom stereocenters. The number of carboxylic acids is 1. The number of amides is 1. The van der Waals surface area contributed by atoms with Gasteiger partial charge in [-0.15, -0.1) is 0 Å². The number of halogens is 1. The van der Waals surface area contributed by atoms with Crippen LogP contribution in [0.15, 0.2) is 28.7 Å². The molecule has 0 radical (unpaired) electrons. The average Bonchev–Trinajstić information content (AvgIpc) is 2.48. The third-order valence-electron chi connectivity index (χ3n) is 4.11. The molecule has 21 heavy (non-hydrogen) atoms. The number of benzene rings is 1. The first kappa shape index (κ1) is 16.0. The van der Waals surface area contributed by atoms with E-state index in [1.807, 2.05) is 24.3 Å². The molecule has 5 heteroatoms. The summed E-state index contributed by atoms with van der Waals surface area (Å²) in [5, 5.41) is 9.28. The second kappa shape index (κ2) is 7.07. The molecule has 0 aliphatic heterocycles. The summed E-state index contributed by atoms with van der Waals surface area (Å²) in [6.45, 7) is 0.509. The van der Waals surface area contributed by atoms with Crippen LogP contribution in [-0.4, -0.2) is 28.9 Å². The van der Waals surface area contributed by atoms with E-state index in [4.69, 9.17) is 0 Å². The SMILES string of the molecule is CN(Cc1ccc(Br)cc1)C(=O)C1CCCCC1C(=O)O. The van der Waals surface area contributed by atoms with Gasteiger partial charge in [0.25, 0.3) is 0 Å². The van der Waals surface area contributed by atoms with Crippen molar-refractivity contribution in [2.75, 3.05) is 7.05 Å². The summed E-state index contributed by atoms with van der Waals surface area (Å²) in [6.07, 6.45) is 3.13. The van der Waals surface area contributed by atoms with E-state index in [0.29, 0.717) is 19.4 Å². The standard InChI is InChI=1S/C16H20BrNO3/c1-18(10-11-6-8-12(17)9-7-11)15(19)13-4-2-3-5-14(13)16(20)21/h6-9,13-14H,2-5,10H2,1H3,(H,20,21). The summed E-state index contributed by atoms with van der Waals surface area (Å²) in [5.41, 5.74) is 1.04. The largest absolute Gasteiger partial charge is 0.481 e. The van der Waals surface area contributed by atoms with Crippen molar-refractivity contribution in [3.8, 4) is 0 Å². The number of hydrogen-bond acceptors (Lipinski definition) is 2. The molecule has 0 saturated heterocycles. The van der Waals surface area contributed by atoms with Crippen molar-refractivity contribution in [3.05, 3.63) is 34.3 Å². The van der Waals surface area contributed by atoms with E-state index < -0.39 is 11.9 Å². The number of hydrogen-bond donors (Lipinski definition) is 1. The highest BCUT2D eigenvalue weighted by Gasteiger charge is 2.36. The molecule has 1 amide bonds. The predicted octanol–water partition coefficient (Wildman–Crippen LogP) is 3.30. The Morgan fingerprint density at radius 3 is 2.33 bits per heavy atom. The molecule has 1 aromatic rings. The molecule has 0 aromatic heterocycles. The zero-order chi connectivity index (χ0) is 15.4. The Morgan fingerprint density at radius 1 is 1.19 bits per heavy atom. The number of carbonyl (C=O) groups excluding carboxylic acids is 1. The fourth-order valence-corrected chi connectivity index (χ4v) is 3.21. The maximum absolute atomic E-state index is 12.5. The lowest BCUT2D eigenvalue weighted by Crippen LogP contribution is -2.40. The van der Waals surface area contributed by atoms with E-state index in [9.17, 15) is 14.7 Å². The van der Waals surface area contributed by atoms with Gasteiger partial charge in [-0.2, -0.15) is 0 Å². The van der Waals surface area contributed by atoms with Gasteiger partial charge in [-0.1, -0.05) is 40.9 Å². The third kappa shape index (κ3) is 4.06. The number of carbonyl (C=O) groups is 2. The zero-order valence-corrected chi connectivity index (χ0v) is 13.7. The summed E-state index contributed by atoms with van der Waals surface area (Å²) in [7, 11) is 1.75. The van der Waals surface area contributed by atoms with Crippen molar-refractivity contribution < 1.29 is 14.7 Å². The van der Waals surface area contributed by atoms with Crippen LogP contribution in [0.2, 0.25) is 0 Å². The lowest BCUT2D eigenvalue weighted by molar-refractivity contribution is -0.152. The molecule has 0 bridgehead atoms. The van der Waals surface area contributed by atoms with Gasteiger partial charge >= 0.3 is 5.97 Å². The second-order valence-electron chi connectivity index (χ2n) is 5.66. The topological polar surface area (TPSA) is 57.6 Å². The highest BCUT2D eigenvalue weighted by molar-refractivity contribution is 9.10. The molecule has 1 saturated carbocycles. The molecule has 0 heterocycles. The number of aliphatic carboxylic acids is 1. The maximum atomic E-state index is 12.5. The van der Waals surface area contributed by atoms with Gasteiger partial charge in [-0.05, 0) is 30.5 Å². The highest BCUT2D eigenvalue weighted by Crippen LogP contribution is 2.31.